The Morgan fingerprint density at radius 3 is 2.40 bits per heavy atom. The van der Waals surface area contributed by atoms with Crippen LogP contribution in [0, 0.1) is 0 Å². The molecular formula is C13H19N3O3S. The third-order valence-electron chi connectivity index (χ3n) is 3.21. The zero-order valence-corrected chi connectivity index (χ0v) is 12.4. The predicted octanol–water partition coefficient (Wildman–Crippen LogP) is 1.06. The second-order valence-corrected chi connectivity index (χ2v) is 7.37. The van der Waals surface area contributed by atoms with Gasteiger partial charge in [0.2, 0.25) is 0 Å². The number of nitrogens with one attached hydrogen (secondary N) is 2. The highest BCUT2D eigenvalue weighted by atomic mass is 32.2. The fourth-order valence-corrected chi connectivity index (χ4v) is 3.78. The van der Waals surface area contributed by atoms with E-state index in [1.165, 1.54) is 0 Å². The van der Waals surface area contributed by atoms with Crippen molar-refractivity contribution in [3.8, 4) is 0 Å². The lowest BCUT2D eigenvalue weighted by Gasteiger charge is -2.14. The Bertz CT molecular complexity index is 581. The summed E-state index contributed by atoms with van der Waals surface area (Å²) in [6.45, 7) is 0. The lowest BCUT2D eigenvalue weighted by atomic mass is 10.2. The first-order valence-electron chi connectivity index (χ1n) is 6.41. The normalized spacial score (nSPS) is 20.4. The maximum atomic E-state index is 11.8. The summed E-state index contributed by atoms with van der Waals surface area (Å²) in [4.78, 5) is 13.7. The van der Waals surface area contributed by atoms with E-state index in [0.29, 0.717) is 12.1 Å². The van der Waals surface area contributed by atoms with Gasteiger partial charge in [0.25, 0.3) is 0 Å². The molecule has 1 aliphatic rings. The molecule has 0 spiro atoms. The van der Waals surface area contributed by atoms with E-state index in [-0.39, 0.29) is 23.6 Å². The van der Waals surface area contributed by atoms with Gasteiger partial charge in [-0.3, -0.25) is 0 Å². The van der Waals surface area contributed by atoms with Crippen molar-refractivity contribution >= 4 is 27.2 Å². The van der Waals surface area contributed by atoms with Crippen molar-refractivity contribution in [3.63, 3.8) is 0 Å². The van der Waals surface area contributed by atoms with E-state index in [9.17, 15) is 13.2 Å². The van der Waals surface area contributed by atoms with Crippen LogP contribution in [0.15, 0.2) is 24.3 Å². The number of carbonyl (C=O) groups excluding carboxylic acids is 1. The number of rotatable bonds is 3. The molecule has 0 radical (unpaired) electrons. The Balaban J connectivity index is 1.88. The molecular weight excluding hydrogens is 278 g/mol. The maximum absolute atomic E-state index is 11.8. The van der Waals surface area contributed by atoms with Gasteiger partial charge in [-0.05, 0) is 30.7 Å². The molecule has 0 aliphatic carbocycles. The van der Waals surface area contributed by atoms with Gasteiger partial charge in [-0.15, -0.1) is 0 Å². The monoisotopic (exact) mass is 297 g/mol. The van der Waals surface area contributed by atoms with Crippen molar-refractivity contribution in [1.82, 2.24) is 5.32 Å². The van der Waals surface area contributed by atoms with Crippen molar-refractivity contribution < 1.29 is 13.2 Å². The highest BCUT2D eigenvalue weighted by molar-refractivity contribution is 7.91. The largest absolute Gasteiger partial charge is 0.378 e. The van der Waals surface area contributed by atoms with Crippen LogP contribution in [0.4, 0.5) is 16.2 Å². The van der Waals surface area contributed by atoms with Gasteiger partial charge in [-0.25, -0.2) is 13.2 Å². The first kappa shape index (κ1) is 14.6. The molecule has 6 nitrogen and oxygen atoms in total. The number of nitrogens with zero attached hydrogens (tertiary/aromatic N) is 1. The minimum atomic E-state index is -2.98. The summed E-state index contributed by atoms with van der Waals surface area (Å²) in [5.41, 5.74) is 1.71. The molecule has 0 saturated carbocycles. The van der Waals surface area contributed by atoms with Crippen LogP contribution in [0.5, 0.6) is 0 Å². The van der Waals surface area contributed by atoms with E-state index in [0.717, 1.165) is 5.69 Å². The molecule has 1 aliphatic heterocycles. The number of carbonyl (C=O) groups is 1. The molecule has 2 N–H and O–H groups in total. The lowest BCUT2D eigenvalue weighted by Crippen LogP contribution is -2.38. The fourth-order valence-electron chi connectivity index (χ4n) is 2.10. The number of hydrogen-bond donors (Lipinski definition) is 2. The van der Waals surface area contributed by atoms with E-state index < -0.39 is 9.84 Å². The van der Waals surface area contributed by atoms with Gasteiger partial charge in [-0.1, -0.05) is 0 Å². The topological polar surface area (TPSA) is 78.5 Å². The number of urea groups is 1. The Kier molecular flexibility index (Phi) is 4.17. The van der Waals surface area contributed by atoms with E-state index in [2.05, 4.69) is 10.6 Å². The smallest absolute Gasteiger partial charge is 0.319 e. The first-order chi connectivity index (χ1) is 9.35. The molecule has 2 rings (SSSR count). The van der Waals surface area contributed by atoms with E-state index in [1.54, 1.807) is 12.1 Å². The van der Waals surface area contributed by atoms with Gasteiger partial charge < -0.3 is 15.5 Å². The van der Waals surface area contributed by atoms with Crippen LogP contribution < -0.4 is 15.5 Å². The number of hydrogen-bond acceptors (Lipinski definition) is 4. The molecule has 1 fully saturated rings. The fraction of sp³-hybridized carbons (Fsp3) is 0.462. The molecule has 7 heteroatoms. The summed E-state index contributed by atoms with van der Waals surface area (Å²) >= 11 is 0. The molecule has 1 unspecified atom stereocenters. The van der Waals surface area contributed by atoms with Gasteiger partial charge in [0.15, 0.2) is 9.84 Å². The van der Waals surface area contributed by atoms with Crippen molar-refractivity contribution in [3.05, 3.63) is 24.3 Å². The summed E-state index contributed by atoms with van der Waals surface area (Å²) in [5.74, 6) is 0.176. The van der Waals surface area contributed by atoms with Crippen molar-refractivity contribution in [2.45, 2.75) is 12.5 Å². The number of amides is 2. The zero-order chi connectivity index (χ0) is 14.8. The summed E-state index contributed by atoms with van der Waals surface area (Å²) in [5, 5.41) is 5.38. The number of anilines is 2. The molecule has 0 aromatic heterocycles. The van der Waals surface area contributed by atoms with Crippen LogP contribution >= 0.6 is 0 Å². The van der Waals surface area contributed by atoms with Gasteiger partial charge in [-0.2, -0.15) is 0 Å². The molecule has 20 heavy (non-hydrogen) atoms. The van der Waals surface area contributed by atoms with Gasteiger partial charge in [0, 0.05) is 31.5 Å². The van der Waals surface area contributed by atoms with E-state index in [4.69, 9.17) is 0 Å². The molecule has 2 amide bonds. The van der Waals surface area contributed by atoms with Crippen LogP contribution in [0.3, 0.4) is 0 Å². The van der Waals surface area contributed by atoms with Crippen molar-refractivity contribution in [1.29, 1.82) is 0 Å². The van der Waals surface area contributed by atoms with Gasteiger partial charge in [0.1, 0.15) is 0 Å². The van der Waals surface area contributed by atoms with Crippen LogP contribution in [-0.4, -0.2) is 46.1 Å². The summed E-state index contributed by atoms with van der Waals surface area (Å²) in [6.07, 6.45) is 0.481. The second-order valence-electron chi connectivity index (χ2n) is 5.14. The summed E-state index contributed by atoms with van der Waals surface area (Å²) in [6, 6.07) is 6.75. The standard InChI is InChI=1S/C13H19N3O3S/c1-16(2)12-5-3-10(4-6-12)14-13(17)15-11-7-8-20(18,19)9-11/h3-6,11H,7-9H2,1-2H3,(H2,14,15,17). The Morgan fingerprint density at radius 1 is 1.25 bits per heavy atom. The highest BCUT2D eigenvalue weighted by Crippen LogP contribution is 2.16. The third kappa shape index (κ3) is 3.86. The SMILES string of the molecule is CN(C)c1ccc(NC(=O)NC2CCS(=O)(=O)C2)cc1. The van der Waals surface area contributed by atoms with Crippen LogP contribution in [0.1, 0.15) is 6.42 Å². The first-order valence-corrected chi connectivity index (χ1v) is 8.23. The second kappa shape index (κ2) is 5.70. The average molecular weight is 297 g/mol. The van der Waals surface area contributed by atoms with E-state index in [1.807, 2.05) is 31.1 Å². The Labute approximate surface area is 119 Å². The zero-order valence-electron chi connectivity index (χ0n) is 11.6. The summed E-state index contributed by atoms with van der Waals surface area (Å²) in [7, 11) is 0.903. The van der Waals surface area contributed by atoms with Gasteiger partial charge >= 0.3 is 6.03 Å². The van der Waals surface area contributed by atoms with Crippen molar-refractivity contribution in [2.75, 3.05) is 35.8 Å². The Morgan fingerprint density at radius 2 is 1.90 bits per heavy atom. The van der Waals surface area contributed by atoms with Crippen LogP contribution in [0.25, 0.3) is 0 Å². The summed E-state index contributed by atoms with van der Waals surface area (Å²) < 4.78 is 22.6. The molecule has 110 valence electrons. The van der Waals surface area contributed by atoms with E-state index >= 15 is 0 Å². The molecule has 0 bridgehead atoms. The quantitative estimate of drug-likeness (QED) is 0.874. The molecule has 1 aromatic carbocycles. The van der Waals surface area contributed by atoms with Crippen LogP contribution in [0.2, 0.25) is 0 Å². The molecule has 1 saturated heterocycles. The average Bonchev–Trinajstić information content (AvgIpc) is 2.69. The van der Waals surface area contributed by atoms with Crippen LogP contribution in [-0.2, 0) is 9.84 Å². The number of benzene rings is 1. The third-order valence-corrected chi connectivity index (χ3v) is 4.98. The Hall–Kier alpha value is -1.76. The maximum Gasteiger partial charge on any atom is 0.319 e. The predicted molar refractivity (Wildman–Crippen MR) is 80.0 cm³/mol. The van der Waals surface area contributed by atoms with Crippen molar-refractivity contribution in [2.24, 2.45) is 0 Å². The molecule has 1 heterocycles. The minimum absolute atomic E-state index is 0.0278. The molecule has 1 atom stereocenters. The lowest BCUT2D eigenvalue weighted by molar-refractivity contribution is 0.249. The molecule has 1 aromatic rings. The van der Waals surface area contributed by atoms with Gasteiger partial charge in [0.05, 0.1) is 11.5 Å². The number of sulfone groups is 1. The minimum Gasteiger partial charge on any atom is -0.378 e. The highest BCUT2D eigenvalue weighted by Gasteiger charge is 2.28.